The first kappa shape index (κ1) is 15.3. The first-order valence-corrected chi connectivity index (χ1v) is 5.73. The van der Waals surface area contributed by atoms with Crippen molar-refractivity contribution in [2.75, 3.05) is 25.1 Å². The van der Waals surface area contributed by atoms with Crippen LogP contribution < -0.4 is 4.90 Å². The van der Waals surface area contributed by atoms with Crippen molar-refractivity contribution < 1.29 is 22.7 Å². The number of carbonyl (C=O) groups is 1. The van der Waals surface area contributed by atoms with Gasteiger partial charge in [0.1, 0.15) is 5.82 Å². The first-order chi connectivity index (χ1) is 8.88. The molecule has 0 N–H and O–H groups in total. The van der Waals surface area contributed by atoms with Crippen LogP contribution in [0.15, 0.2) is 18.3 Å². The van der Waals surface area contributed by atoms with Crippen LogP contribution in [0.25, 0.3) is 0 Å². The monoisotopic (exact) mass is 276 g/mol. The van der Waals surface area contributed by atoms with Gasteiger partial charge < -0.3 is 9.64 Å². The van der Waals surface area contributed by atoms with Gasteiger partial charge in [-0.1, -0.05) is 0 Å². The molecule has 0 atom stereocenters. The molecule has 0 bridgehead atoms. The first-order valence-electron chi connectivity index (χ1n) is 5.73. The van der Waals surface area contributed by atoms with Crippen LogP contribution in [-0.4, -0.2) is 31.2 Å². The van der Waals surface area contributed by atoms with Gasteiger partial charge in [-0.25, -0.2) is 4.98 Å². The lowest BCUT2D eigenvalue weighted by atomic mass is 10.2. The van der Waals surface area contributed by atoms with Crippen LogP contribution in [0.5, 0.6) is 0 Å². The fourth-order valence-corrected chi connectivity index (χ4v) is 1.50. The van der Waals surface area contributed by atoms with E-state index in [1.165, 1.54) is 13.2 Å². The second kappa shape index (κ2) is 6.40. The van der Waals surface area contributed by atoms with Crippen molar-refractivity contribution in [3.8, 4) is 0 Å². The van der Waals surface area contributed by atoms with Crippen LogP contribution in [0.2, 0.25) is 0 Å². The molecule has 0 unspecified atom stereocenters. The normalized spacial score (nSPS) is 11.2. The number of anilines is 1. The van der Waals surface area contributed by atoms with Gasteiger partial charge in [0, 0.05) is 19.3 Å². The smallest absolute Gasteiger partial charge is 0.417 e. The third-order valence-electron chi connectivity index (χ3n) is 2.59. The summed E-state index contributed by atoms with van der Waals surface area (Å²) in [5, 5.41) is 0. The van der Waals surface area contributed by atoms with E-state index in [0.717, 1.165) is 12.3 Å². The molecule has 1 aromatic rings. The number of halogens is 3. The molecule has 0 aliphatic rings. The predicted octanol–water partition coefficient (Wildman–Crippen LogP) is 2.49. The minimum Gasteiger partial charge on any atom is -0.469 e. The summed E-state index contributed by atoms with van der Waals surface area (Å²) in [4.78, 5) is 16.5. The molecule has 0 saturated heterocycles. The van der Waals surface area contributed by atoms with E-state index < -0.39 is 11.7 Å². The van der Waals surface area contributed by atoms with Gasteiger partial charge in [-0.3, -0.25) is 4.79 Å². The van der Waals surface area contributed by atoms with Crippen LogP contribution >= 0.6 is 0 Å². The molecule has 0 aromatic carbocycles. The zero-order valence-corrected chi connectivity index (χ0v) is 10.7. The lowest BCUT2D eigenvalue weighted by molar-refractivity contribution is -0.140. The maximum absolute atomic E-state index is 12.4. The van der Waals surface area contributed by atoms with Gasteiger partial charge in [0.05, 0.1) is 19.1 Å². The lowest BCUT2D eigenvalue weighted by Gasteiger charge is -2.21. The summed E-state index contributed by atoms with van der Waals surface area (Å²) in [5.41, 5.74) is -0.791. The SMILES string of the molecule is CCN(CCC(=O)OC)c1ccc(C(F)(F)F)cn1. The molecule has 19 heavy (non-hydrogen) atoms. The highest BCUT2D eigenvalue weighted by Gasteiger charge is 2.30. The molecule has 0 spiro atoms. The summed E-state index contributed by atoms with van der Waals surface area (Å²) in [6, 6.07) is 2.27. The minimum atomic E-state index is -4.39. The Bertz CT molecular complexity index is 418. The van der Waals surface area contributed by atoms with Crippen molar-refractivity contribution in [2.45, 2.75) is 19.5 Å². The molecule has 0 aliphatic carbocycles. The number of methoxy groups -OCH3 is 1. The standard InChI is InChI=1S/C12H15F3N2O2/c1-3-17(7-6-11(18)19-2)10-5-4-9(8-16-10)12(13,14)15/h4-5,8H,3,6-7H2,1-2H3. The molecule has 0 fully saturated rings. The Kier molecular flexibility index (Phi) is 5.14. The number of aromatic nitrogens is 1. The zero-order valence-electron chi connectivity index (χ0n) is 10.7. The third kappa shape index (κ3) is 4.42. The maximum Gasteiger partial charge on any atom is 0.417 e. The van der Waals surface area contributed by atoms with E-state index in [1.807, 2.05) is 6.92 Å². The third-order valence-corrected chi connectivity index (χ3v) is 2.59. The van der Waals surface area contributed by atoms with E-state index in [1.54, 1.807) is 4.90 Å². The fourth-order valence-electron chi connectivity index (χ4n) is 1.50. The maximum atomic E-state index is 12.4. The van der Waals surface area contributed by atoms with Crippen LogP contribution in [0.4, 0.5) is 19.0 Å². The number of hydrogen-bond acceptors (Lipinski definition) is 4. The van der Waals surface area contributed by atoms with Gasteiger partial charge in [0.2, 0.25) is 0 Å². The van der Waals surface area contributed by atoms with Gasteiger partial charge >= 0.3 is 12.1 Å². The lowest BCUT2D eigenvalue weighted by Crippen LogP contribution is -2.27. The quantitative estimate of drug-likeness (QED) is 0.775. The molecule has 0 amide bonds. The fraction of sp³-hybridized carbons (Fsp3) is 0.500. The average molecular weight is 276 g/mol. The highest BCUT2D eigenvalue weighted by molar-refractivity contribution is 5.69. The van der Waals surface area contributed by atoms with Crippen LogP contribution in [0, 0.1) is 0 Å². The second-order valence-corrected chi connectivity index (χ2v) is 3.81. The van der Waals surface area contributed by atoms with Crippen LogP contribution in [-0.2, 0) is 15.7 Å². The number of rotatable bonds is 5. The summed E-state index contributed by atoms with van der Waals surface area (Å²) in [7, 11) is 1.29. The predicted molar refractivity (Wildman–Crippen MR) is 63.8 cm³/mol. The van der Waals surface area contributed by atoms with E-state index in [-0.39, 0.29) is 12.4 Å². The van der Waals surface area contributed by atoms with Crippen molar-refractivity contribution in [1.82, 2.24) is 4.98 Å². The van der Waals surface area contributed by atoms with Crippen molar-refractivity contribution >= 4 is 11.8 Å². The topological polar surface area (TPSA) is 42.4 Å². The molecule has 4 nitrogen and oxygen atoms in total. The molecule has 0 aliphatic heterocycles. The molecule has 1 heterocycles. The van der Waals surface area contributed by atoms with Crippen molar-refractivity contribution in [3.05, 3.63) is 23.9 Å². The Labute approximate surface area is 109 Å². The van der Waals surface area contributed by atoms with Crippen molar-refractivity contribution in [1.29, 1.82) is 0 Å². The van der Waals surface area contributed by atoms with E-state index in [2.05, 4.69) is 9.72 Å². The van der Waals surface area contributed by atoms with E-state index in [9.17, 15) is 18.0 Å². The summed E-state index contributed by atoms with van der Waals surface area (Å²) in [6.07, 6.45) is -3.45. The Balaban J connectivity index is 2.74. The number of hydrogen-bond donors (Lipinski definition) is 0. The molecular weight excluding hydrogens is 261 g/mol. The number of carbonyl (C=O) groups excluding carboxylic acids is 1. The van der Waals surface area contributed by atoms with Gasteiger partial charge in [-0.15, -0.1) is 0 Å². The van der Waals surface area contributed by atoms with Crippen molar-refractivity contribution in [3.63, 3.8) is 0 Å². The van der Waals surface area contributed by atoms with Gasteiger partial charge in [0.25, 0.3) is 0 Å². The summed E-state index contributed by atoms with van der Waals surface area (Å²) < 4.78 is 41.7. The molecule has 1 aromatic heterocycles. The molecule has 106 valence electrons. The van der Waals surface area contributed by atoms with E-state index >= 15 is 0 Å². The average Bonchev–Trinajstić information content (AvgIpc) is 2.38. The summed E-state index contributed by atoms with van der Waals surface area (Å²) in [5.74, 6) is 0.0322. The molecule has 0 radical (unpaired) electrons. The van der Waals surface area contributed by atoms with Gasteiger partial charge in [-0.05, 0) is 19.1 Å². The molecule has 7 heteroatoms. The summed E-state index contributed by atoms with van der Waals surface area (Å²) in [6.45, 7) is 2.72. The number of pyridine rings is 1. The Morgan fingerprint density at radius 2 is 2.11 bits per heavy atom. The Morgan fingerprint density at radius 3 is 2.53 bits per heavy atom. The minimum absolute atomic E-state index is 0.160. The zero-order chi connectivity index (χ0) is 14.5. The largest absolute Gasteiger partial charge is 0.469 e. The van der Waals surface area contributed by atoms with E-state index in [4.69, 9.17) is 0 Å². The van der Waals surface area contributed by atoms with E-state index in [0.29, 0.717) is 18.9 Å². The highest BCUT2D eigenvalue weighted by Crippen LogP contribution is 2.29. The number of esters is 1. The number of nitrogens with zero attached hydrogens (tertiary/aromatic N) is 2. The summed E-state index contributed by atoms with van der Waals surface area (Å²) >= 11 is 0. The number of ether oxygens (including phenoxy) is 1. The molecule has 1 rings (SSSR count). The highest BCUT2D eigenvalue weighted by atomic mass is 19.4. The van der Waals surface area contributed by atoms with Gasteiger partial charge in [-0.2, -0.15) is 13.2 Å². The molecule has 0 saturated carbocycles. The second-order valence-electron chi connectivity index (χ2n) is 3.81. The number of alkyl halides is 3. The van der Waals surface area contributed by atoms with Crippen LogP contribution in [0.3, 0.4) is 0 Å². The Morgan fingerprint density at radius 1 is 1.42 bits per heavy atom. The molecular formula is C12H15F3N2O2. The van der Waals surface area contributed by atoms with Crippen LogP contribution in [0.1, 0.15) is 18.9 Å². The Hall–Kier alpha value is -1.79. The van der Waals surface area contributed by atoms with Crippen molar-refractivity contribution in [2.24, 2.45) is 0 Å². The van der Waals surface area contributed by atoms with Gasteiger partial charge in [0.15, 0.2) is 0 Å².